The zero-order valence-corrected chi connectivity index (χ0v) is 25.3. The van der Waals surface area contributed by atoms with E-state index in [0.29, 0.717) is 24.1 Å². The Balaban J connectivity index is 2.43. The quantitative estimate of drug-likeness (QED) is 0.0983. The molecule has 0 heterocycles. The van der Waals surface area contributed by atoms with Crippen LogP contribution in [0.15, 0.2) is 59.8 Å². The Bertz CT molecular complexity index is 1530. The summed E-state index contributed by atoms with van der Waals surface area (Å²) < 4.78 is 182. The van der Waals surface area contributed by atoms with E-state index in [0.717, 1.165) is 24.3 Å². The Kier molecular flexibility index (Phi) is 10.5. The summed E-state index contributed by atoms with van der Waals surface area (Å²) >= 11 is 0. The Hall–Kier alpha value is -3.02. The highest BCUT2D eigenvalue weighted by Gasteiger charge is 2.84. The molecule has 0 saturated heterocycles. The number of nitrogens with zero attached hydrogens (tertiary/aromatic N) is 1. The maximum atomic E-state index is 14.6. The summed E-state index contributed by atoms with van der Waals surface area (Å²) in [5, 5.41) is -12.2. The molecular formula is C26H28F9NO6S2. The maximum absolute atomic E-state index is 14.6. The molecule has 0 spiro atoms. The van der Waals surface area contributed by atoms with Crippen molar-refractivity contribution in [3.05, 3.63) is 65.7 Å². The van der Waals surface area contributed by atoms with Crippen molar-refractivity contribution in [1.82, 2.24) is 0 Å². The van der Waals surface area contributed by atoms with Crippen molar-refractivity contribution >= 4 is 25.9 Å². The summed E-state index contributed by atoms with van der Waals surface area (Å²) in [4.78, 5) is 0. The largest absolute Gasteiger partial charge is 0.452 e. The highest BCUT2D eigenvalue weighted by Crippen LogP contribution is 2.52. The van der Waals surface area contributed by atoms with Crippen molar-refractivity contribution in [2.45, 2.75) is 69.6 Å². The first-order valence-corrected chi connectivity index (χ1v) is 15.3. The molecule has 0 amide bonds. The summed E-state index contributed by atoms with van der Waals surface area (Å²) in [6.45, 7) is 9.54. The highest BCUT2D eigenvalue weighted by atomic mass is 32.2. The van der Waals surface area contributed by atoms with Crippen LogP contribution in [0.2, 0.25) is 0 Å². The maximum Gasteiger partial charge on any atom is 0.452 e. The lowest BCUT2D eigenvalue weighted by Crippen LogP contribution is -2.61. The van der Waals surface area contributed by atoms with Gasteiger partial charge in [0.25, 0.3) is 0 Å². The van der Waals surface area contributed by atoms with Gasteiger partial charge in [0.05, 0.1) is 0 Å². The molecule has 18 heteroatoms. The third-order valence-corrected chi connectivity index (χ3v) is 8.59. The molecule has 2 aromatic carbocycles. The van der Waals surface area contributed by atoms with Crippen LogP contribution >= 0.6 is 0 Å². The van der Waals surface area contributed by atoms with Crippen LogP contribution in [0.1, 0.15) is 58.1 Å². The fourth-order valence-electron chi connectivity index (χ4n) is 3.88. The van der Waals surface area contributed by atoms with Crippen molar-refractivity contribution in [3.8, 4) is 5.75 Å². The van der Waals surface area contributed by atoms with E-state index in [9.17, 15) is 56.3 Å². The van der Waals surface area contributed by atoms with E-state index >= 15 is 0 Å². The van der Waals surface area contributed by atoms with Gasteiger partial charge in [0, 0.05) is 5.56 Å². The molecule has 7 nitrogen and oxygen atoms in total. The van der Waals surface area contributed by atoms with Crippen LogP contribution in [0.4, 0.5) is 39.5 Å². The predicted octanol–water partition coefficient (Wildman–Crippen LogP) is 7.70. The molecule has 0 saturated carbocycles. The number of oxime groups is 1. The van der Waals surface area contributed by atoms with E-state index in [2.05, 4.69) is 8.47 Å². The van der Waals surface area contributed by atoms with E-state index in [1.54, 1.807) is 0 Å². The Morgan fingerprint density at radius 2 is 1.23 bits per heavy atom. The van der Waals surface area contributed by atoms with E-state index in [1.807, 2.05) is 39.8 Å². The van der Waals surface area contributed by atoms with Crippen molar-refractivity contribution in [2.24, 2.45) is 16.5 Å². The molecule has 0 N–H and O–H groups in total. The van der Waals surface area contributed by atoms with Crippen LogP contribution in [-0.4, -0.2) is 45.2 Å². The van der Waals surface area contributed by atoms with Crippen LogP contribution in [0.3, 0.4) is 0 Å². The van der Waals surface area contributed by atoms with Gasteiger partial charge in [-0.05, 0) is 41.4 Å². The third kappa shape index (κ3) is 7.61. The molecule has 0 aliphatic carbocycles. The zero-order valence-electron chi connectivity index (χ0n) is 23.7. The first-order valence-electron chi connectivity index (χ1n) is 12.5. The van der Waals surface area contributed by atoms with E-state index in [1.165, 1.54) is 18.2 Å². The normalized spacial score (nSPS) is 15.3. The topological polar surface area (TPSA) is 99.1 Å². The fourth-order valence-corrected chi connectivity index (χ4v) is 5.56. The van der Waals surface area contributed by atoms with Gasteiger partial charge in [0.2, 0.25) is 0 Å². The van der Waals surface area contributed by atoms with Crippen molar-refractivity contribution < 1.29 is 64.8 Å². The second kappa shape index (κ2) is 12.4. The molecule has 44 heavy (non-hydrogen) atoms. The SMILES string of the molecule is CC(C)CC(c1ccc(OS(=O)(=O)C(F)(F)C(F)(F)C(F)(F)S(=O)(=O)ON=C(c2ccccc2)C(F)(F)F)cc1)C(C)(C)C. The van der Waals surface area contributed by atoms with Gasteiger partial charge in [-0.1, -0.05) is 82.2 Å². The summed E-state index contributed by atoms with van der Waals surface area (Å²) in [7, 11) is -14.6. The van der Waals surface area contributed by atoms with E-state index in [4.69, 9.17) is 0 Å². The van der Waals surface area contributed by atoms with Crippen molar-refractivity contribution in [3.63, 3.8) is 0 Å². The molecule has 248 valence electrons. The molecule has 2 rings (SSSR count). The number of benzene rings is 2. The summed E-state index contributed by atoms with van der Waals surface area (Å²) in [5.74, 6) is -8.31. The lowest BCUT2D eigenvalue weighted by molar-refractivity contribution is -0.247. The minimum absolute atomic E-state index is 0.148. The molecule has 2 aromatic rings. The number of halogens is 9. The summed E-state index contributed by atoms with van der Waals surface area (Å²) in [6, 6.07) is 8.55. The Labute approximate surface area is 248 Å². The second-order valence-corrected chi connectivity index (χ2v) is 14.3. The molecule has 1 atom stereocenters. The van der Waals surface area contributed by atoms with Gasteiger partial charge in [-0.25, -0.2) is 0 Å². The molecular weight excluding hydrogens is 657 g/mol. The van der Waals surface area contributed by atoms with Crippen LogP contribution in [0.5, 0.6) is 5.75 Å². The standard InChI is InChI=1S/C26H28F9NO6S2/c1-16(2)15-20(22(3,4)5)17-11-13-19(14-12-17)41-43(37,38)25(32,33)24(30,31)26(34,35)44(39,40)42-36-21(23(27,28)29)18-9-7-6-8-10-18/h6-14,16,20H,15H2,1-5H3. The molecule has 0 aliphatic heterocycles. The number of hydrogen-bond donors (Lipinski definition) is 0. The molecule has 0 aromatic heterocycles. The van der Waals surface area contributed by atoms with E-state index < -0.39 is 59.9 Å². The number of hydrogen-bond acceptors (Lipinski definition) is 7. The van der Waals surface area contributed by atoms with Gasteiger partial charge in [-0.3, -0.25) is 4.28 Å². The minimum atomic E-state index is -7.51. The summed E-state index contributed by atoms with van der Waals surface area (Å²) in [6.07, 6.45) is -4.97. The van der Waals surface area contributed by atoms with Crippen LogP contribution in [0.25, 0.3) is 0 Å². The van der Waals surface area contributed by atoms with E-state index in [-0.39, 0.29) is 17.3 Å². The average molecular weight is 686 g/mol. The molecule has 0 fully saturated rings. The Morgan fingerprint density at radius 1 is 0.750 bits per heavy atom. The monoisotopic (exact) mass is 685 g/mol. The van der Waals surface area contributed by atoms with Gasteiger partial charge in [0.1, 0.15) is 5.75 Å². The third-order valence-electron chi connectivity index (χ3n) is 6.14. The van der Waals surface area contributed by atoms with Crippen LogP contribution in [-0.2, 0) is 24.5 Å². The number of rotatable bonds is 12. The van der Waals surface area contributed by atoms with Crippen molar-refractivity contribution in [1.29, 1.82) is 0 Å². The zero-order chi connectivity index (χ0) is 34.2. The summed E-state index contributed by atoms with van der Waals surface area (Å²) in [5.41, 5.74) is -3.04. The molecule has 0 aliphatic rings. The van der Waals surface area contributed by atoms with Crippen LogP contribution < -0.4 is 4.18 Å². The minimum Gasteiger partial charge on any atom is -0.378 e. The Morgan fingerprint density at radius 3 is 1.66 bits per heavy atom. The smallest absolute Gasteiger partial charge is 0.378 e. The van der Waals surface area contributed by atoms with Gasteiger partial charge < -0.3 is 4.18 Å². The first-order chi connectivity index (χ1) is 19.7. The van der Waals surface area contributed by atoms with Crippen molar-refractivity contribution in [2.75, 3.05) is 0 Å². The molecule has 0 bridgehead atoms. The van der Waals surface area contributed by atoms with Crippen LogP contribution in [0, 0.1) is 11.3 Å². The molecule has 1 unspecified atom stereocenters. The predicted molar refractivity (Wildman–Crippen MR) is 142 cm³/mol. The lowest BCUT2D eigenvalue weighted by atomic mass is 9.72. The second-order valence-electron chi connectivity index (χ2n) is 11.1. The first kappa shape index (κ1) is 37.2. The number of alkyl halides is 9. The fraction of sp³-hybridized carbons (Fsp3) is 0.500. The van der Waals surface area contributed by atoms with Gasteiger partial charge in [-0.2, -0.15) is 56.3 Å². The average Bonchev–Trinajstić information content (AvgIpc) is 2.86. The van der Waals surface area contributed by atoms with Gasteiger partial charge in [0.15, 0.2) is 5.71 Å². The molecule has 0 radical (unpaired) electrons. The lowest BCUT2D eigenvalue weighted by Gasteiger charge is -2.33. The van der Waals surface area contributed by atoms with Gasteiger partial charge >= 0.3 is 42.8 Å². The highest BCUT2D eigenvalue weighted by molar-refractivity contribution is 7.89. The van der Waals surface area contributed by atoms with Gasteiger partial charge in [-0.15, -0.1) is 0 Å².